The number of rotatable bonds is 7. The number of methoxy groups -OCH3 is 1. The van der Waals surface area contributed by atoms with Gasteiger partial charge in [-0.05, 0) is 6.54 Å². The zero-order chi connectivity index (χ0) is 12.7. The lowest BCUT2D eigenvalue weighted by atomic mass is 10.2. The molecule has 0 bridgehead atoms. The van der Waals surface area contributed by atoms with Crippen LogP contribution in [0.4, 0.5) is 0 Å². The van der Waals surface area contributed by atoms with Crippen molar-refractivity contribution in [2.45, 2.75) is 19.1 Å². The molecular weight excluding hydrogens is 224 g/mol. The van der Waals surface area contributed by atoms with E-state index in [-0.39, 0.29) is 12.7 Å². The third-order valence-corrected chi connectivity index (χ3v) is 2.89. The number of nitrogens with zero attached hydrogens (tertiary/aromatic N) is 1. The molecule has 1 aliphatic rings. The molecule has 2 unspecified atom stereocenters. The lowest BCUT2D eigenvalue weighted by molar-refractivity contribution is -0.141. The zero-order valence-corrected chi connectivity index (χ0v) is 10.5. The van der Waals surface area contributed by atoms with E-state index in [1.54, 1.807) is 0 Å². The van der Waals surface area contributed by atoms with Crippen LogP contribution in [0.15, 0.2) is 0 Å². The molecule has 0 aliphatic carbocycles. The summed E-state index contributed by atoms with van der Waals surface area (Å²) in [5.74, 6) is -0.894. The number of aliphatic carboxylic acids is 1. The highest BCUT2D eigenvalue weighted by Gasteiger charge is 2.22. The molecule has 0 aromatic rings. The van der Waals surface area contributed by atoms with Gasteiger partial charge in [0.25, 0.3) is 0 Å². The normalized spacial score (nSPS) is 23.5. The van der Waals surface area contributed by atoms with Crippen molar-refractivity contribution in [2.75, 3.05) is 46.5 Å². The summed E-state index contributed by atoms with van der Waals surface area (Å²) in [6.07, 6.45) is 0.0578. The van der Waals surface area contributed by atoms with Gasteiger partial charge in [0.15, 0.2) is 0 Å². The maximum atomic E-state index is 10.9. The number of carboxylic acid groups (broad SMARTS) is 1. The Morgan fingerprint density at radius 2 is 2.47 bits per heavy atom. The van der Waals surface area contributed by atoms with Gasteiger partial charge < -0.3 is 14.6 Å². The van der Waals surface area contributed by atoms with Gasteiger partial charge in [-0.2, -0.15) is 0 Å². The fraction of sp³-hybridized carbons (Fsp3) is 0.909. The predicted molar refractivity (Wildman–Crippen MR) is 63.2 cm³/mol. The second kappa shape index (κ2) is 7.60. The number of carboxylic acids is 1. The lowest BCUT2D eigenvalue weighted by Crippen LogP contribution is -2.50. The Balaban J connectivity index is 2.30. The first-order chi connectivity index (χ1) is 8.17. The van der Waals surface area contributed by atoms with Crippen LogP contribution in [0.3, 0.4) is 0 Å². The van der Waals surface area contributed by atoms with E-state index in [0.717, 1.165) is 19.6 Å². The topological polar surface area (TPSA) is 71.0 Å². The number of nitrogens with one attached hydrogen (secondary N) is 1. The molecule has 0 amide bonds. The van der Waals surface area contributed by atoms with Gasteiger partial charge in [-0.1, -0.05) is 6.92 Å². The highest BCUT2D eigenvalue weighted by atomic mass is 16.5. The maximum Gasteiger partial charge on any atom is 0.323 e. The van der Waals surface area contributed by atoms with Crippen LogP contribution in [-0.2, 0) is 14.3 Å². The first kappa shape index (κ1) is 14.4. The second-order valence-corrected chi connectivity index (χ2v) is 4.14. The molecule has 6 heteroatoms. The molecule has 0 saturated carbocycles. The molecule has 6 nitrogen and oxygen atoms in total. The van der Waals surface area contributed by atoms with Gasteiger partial charge in [-0.15, -0.1) is 0 Å². The molecule has 2 N–H and O–H groups in total. The van der Waals surface area contributed by atoms with Crippen LogP contribution in [0.2, 0.25) is 0 Å². The summed E-state index contributed by atoms with van der Waals surface area (Å²) in [7, 11) is 1.49. The van der Waals surface area contributed by atoms with Crippen molar-refractivity contribution in [1.29, 1.82) is 0 Å². The van der Waals surface area contributed by atoms with E-state index in [4.69, 9.17) is 14.6 Å². The molecule has 1 fully saturated rings. The van der Waals surface area contributed by atoms with Crippen LogP contribution in [0.1, 0.15) is 6.92 Å². The first-order valence-electron chi connectivity index (χ1n) is 5.96. The van der Waals surface area contributed by atoms with Crippen LogP contribution in [-0.4, -0.2) is 74.6 Å². The predicted octanol–water partition coefficient (Wildman–Crippen LogP) is -0.604. The molecule has 0 spiro atoms. The van der Waals surface area contributed by atoms with Gasteiger partial charge in [0.05, 0.1) is 19.3 Å². The Hall–Kier alpha value is -0.690. The number of hydrogen-bond donors (Lipinski definition) is 2. The number of morpholine rings is 1. The summed E-state index contributed by atoms with van der Waals surface area (Å²) in [5, 5.41) is 11.9. The minimum Gasteiger partial charge on any atom is -0.480 e. The number of hydrogen-bond acceptors (Lipinski definition) is 5. The smallest absolute Gasteiger partial charge is 0.323 e. The number of ether oxygens (including phenoxy) is 2. The van der Waals surface area contributed by atoms with Gasteiger partial charge in [0, 0.05) is 26.7 Å². The van der Waals surface area contributed by atoms with Crippen molar-refractivity contribution in [2.24, 2.45) is 0 Å². The van der Waals surface area contributed by atoms with E-state index in [1.165, 1.54) is 7.11 Å². The Labute approximate surface area is 102 Å². The van der Waals surface area contributed by atoms with Crippen LogP contribution in [0.5, 0.6) is 0 Å². The summed E-state index contributed by atoms with van der Waals surface area (Å²) in [5.41, 5.74) is 0. The molecular formula is C11H22N2O4. The largest absolute Gasteiger partial charge is 0.480 e. The SMILES string of the molecule is CCN1CCOC(CNC(COC)C(=O)O)C1. The highest BCUT2D eigenvalue weighted by Crippen LogP contribution is 2.04. The summed E-state index contributed by atoms with van der Waals surface area (Å²) in [6, 6.07) is -0.666. The Morgan fingerprint density at radius 1 is 1.71 bits per heavy atom. The Morgan fingerprint density at radius 3 is 3.06 bits per heavy atom. The van der Waals surface area contributed by atoms with Crippen molar-refractivity contribution in [3.8, 4) is 0 Å². The van der Waals surface area contributed by atoms with E-state index in [2.05, 4.69) is 17.1 Å². The molecule has 1 saturated heterocycles. The van der Waals surface area contributed by atoms with Gasteiger partial charge in [0.2, 0.25) is 0 Å². The molecule has 2 atom stereocenters. The average Bonchev–Trinajstić information content (AvgIpc) is 2.34. The minimum atomic E-state index is -0.894. The minimum absolute atomic E-state index is 0.0578. The third kappa shape index (κ3) is 4.99. The monoisotopic (exact) mass is 246 g/mol. The number of likely N-dealkylation sites (N-methyl/N-ethyl adjacent to an activating group) is 1. The Kier molecular flexibility index (Phi) is 6.43. The van der Waals surface area contributed by atoms with Gasteiger partial charge in [-0.3, -0.25) is 15.0 Å². The van der Waals surface area contributed by atoms with Crippen LogP contribution >= 0.6 is 0 Å². The maximum absolute atomic E-state index is 10.9. The molecule has 17 heavy (non-hydrogen) atoms. The molecule has 1 aliphatic heterocycles. The van der Waals surface area contributed by atoms with E-state index in [0.29, 0.717) is 13.2 Å². The van der Waals surface area contributed by atoms with Crippen molar-refractivity contribution in [3.05, 3.63) is 0 Å². The molecule has 1 heterocycles. The standard InChI is InChI=1S/C11H22N2O4/c1-3-13-4-5-17-9(7-13)6-12-10(8-16-2)11(14)15/h9-10,12H,3-8H2,1-2H3,(H,14,15). The van der Waals surface area contributed by atoms with Crippen molar-refractivity contribution >= 4 is 5.97 Å². The van der Waals surface area contributed by atoms with Crippen molar-refractivity contribution < 1.29 is 19.4 Å². The van der Waals surface area contributed by atoms with Gasteiger partial charge >= 0.3 is 5.97 Å². The van der Waals surface area contributed by atoms with E-state index in [9.17, 15) is 4.79 Å². The van der Waals surface area contributed by atoms with Crippen LogP contribution in [0.25, 0.3) is 0 Å². The molecule has 0 radical (unpaired) electrons. The fourth-order valence-electron chi connectivity index (χ4n) is 1.85. The molecule has 1 rings (SSSR count). The lowest BCUT2D eigenvalue weighted by Gasteiger charge is -2.32. The number of carbonyl (C=O) groups is 1. The summed E-state index contributed by atoms with van der Waals surface area (Å²) >= 11 is 0. The van der Waals surface area contributed by atoms with E-state index < -0.39 is 12.0 Å². The fourth-order valence-corrected chi connectivity index (χ4v) is 1.85. The van der Waals surface area contributed by atoms with Crippen LogP contribution in [0, 0.1) is 0 Å². The average molecular weight is 246 g/mol. The first-order valence-corrected chi connectivity index (χ1v) is 5.96. The molecule has 0 aromatic heterocycles. The summed E-state index contributed by atoms with van der Waals surface area (Å²) in [4.78, 5) is 13.2. The Bertz CT molecular complexity index is 238. The van der Waals surface area contributed by atoms with Gasteiger partial charge in [-0.25, -0.2) is 0 Å². The zero-order valence-electron chi connectivity index (χ0n) is 10.5. The second-order valence-electron chi connectivity index (χ2n) is 4.14. The quantitative estimate of drug-likeness (QED) is 0.625. The third-order valence-electron chi connectivity index (χ3n) is 2.89. The van der Waals surface area contributed by atoms with Gasteiger partial charge in [0.1, 0.15) is 6.04 Å². The summed E-state index contributed by atoms with van der Waals surface area (Å²) < 4.78 is 10.4. The molecule has 100 valence electrons. The molecule has 0 aromatic carbocycles. The van der Waals surface area contributed by atoms with Crippen LogP contribution < -0.4 is 5.32 Å². The van der Waals surface area contributed by atoms with E-state index in [1.807, 2.05) is 0 Å². The van der Waals surface area contributed by atoms with Crippen molar-refractivity contribution in [3.63, 3.8) is 0 Å². The van der Waals surface area contributed by atoms with E-state index >= 15 is 0 Å². The van der Waals surface area contributed by atoms with Crippen molar-refractivity contribution in [1.82, 2.24) is 10.2 Å². The summed E-state index contributed by atoms with van der Waals surface area (Å²) in [6.45, 7) is 6.33. The highest BCUT2D eigenvalue weighted by molar-refractivity contribution is 5.73.